The van der Waals surface area contributed by atoms with Gasteiger partial charge in [0.2, 0.25) is 0 Å². The van der Waals surface area contributed by atoms with Crippen LogP contribution >= 0.6 is 11.6 Å². The molecule has 0 saturated heterocycles. The van der Waals surface area contributed by atoms with Crippen molar-refractivity contribution < 1.29 is 0 Å². The number of rotatable bonds is 5. The molecule has 0 aliphatic rings. The van der Waals surface area contributed by atoms with Gasteiger partial charge in [0.1, 0.15) is 0 Å². The highest BCUT2D eigenvalue weighted by Crippen LogP contribution is 2.16. The molecule has 0 bridgehead atoms. The molecule has 7 heteroatoms. The van der Waals surface area contributed by atoms with Gasteiger partial charge < -0.3 is 10.2 Å². The van der Waals surface area contributed by atoms with Gasteiger partial charge in [0.05, 0.1) is 0 Å². The minimum Gasteiger partial charge on any atom is -0.352 e. The highest BCUT2D eigenvalue weighted by Gasteiger charge is 2.09. The van der Waals surface area contributed by atoms with Gasteiger partial charge in [-0.2, -0.15) is 5.10 Å². The summed E-state index contributed by atoms with van der Waals surface area (Å²) in [7, 11) is 3.76. The first-order valence-electron chi connectivity index (χ1n) is 8.27. The molecule has 2 heterocycles. The van der Waals surface area contributed by atoms with Gasteiger partial charge in [-0.3, -0.25) is 4.99 Å². The Labute approximate surface area is 158 Å². The summed E-state index contributed by atoms with van der Waals surface area (Å²) < 4.78 is 1.74. The van der Waals surface area contributed by atoms with Crippen molar-refractivity contribution in [2.45, 2.75) is 13.1 Å². The minimum atomic E-state index is 0.635. The maximum atomic E-state index is 6.25. The van der Waals surface area contributed by atoms with E-state index in [9.17, 15) is 0 Å². The third-order valence-electron chi connectivity index (χ3n) is 3.94. The summed E-state index contributed by atoms with van der Waals surface area (Å²) in [4.78, 5) is 10.7. The summed E-state index contributed by atoms with van der Waals surface area (Å²) >= 11 is 6.25. The fraction of sp³-hybridized carbons (Fsp3) is 0.211. The summed E-state index contributed by atoms with van der Waals surface area (Å²) in [6.07, 6.45) is 5.39. The summed E-state index contributed by atoms with van der Waals surface area (Å²) in [6.45, 7) is 1.31. The third-order valence-corrected chi connectivity index (χ3v) is 4.31. The van der Waals surface area contributed by atoms with E-state index in [-0.39, 0.29) is 0 Å². The van der Waals surface area contributed by atoms with Crippen LogP contribution in [0.4, 0.5) is 0 Å². The maximum absolute atomic E-state index is 6.25. The molecule has 3 rings (SSSR count). The zero-order valence-electron chi connectivity index (χ0n) is 14.8. The number of benzene rings is 1. The van der Waals surface area contributed by atoms with Crippen LogP contribution in [0, 0.1) is 0 Å². The maximum Gasteiger partial charge on any atom is 0.193 e. The fourth-order valence-corrected chi connectivity index (χ4v) is 2.82. The summed E-state index contributed by atoms with van der Waals surface area (Å²) in [5.74, 6) is 1.58. The van der Waals surface area contributed by atoms with Crippen molar-refractivity contribution in [3.63, 3.8) is 0 Å². The number of hydrogen-bond acceptors (Lipinski definition) is 3. The van der Waals surface area contributed by atoms with E-state index in [2.05, 4.69) is 20.4 Å². The van der Waals surface area contributed by atoms with Gasteiger partial charge in [0.25, 0.3) is 0 Å². The molecular formula is C19H21ClN6. The van der Waals surface area contributed by atoms with E-state index in [1.54, 1.807) is 24.1 Å². The first kappa shape index (κ1) is 17.9. The number of nitrogens with one attached hydrogen (secondary N) is 1. The summed E-state index contributed by atoms with van der Waals surface area (Å²) in [5, 5.41) is 8.34. The third kappa shape index (κ3) is 4.40. The number of guanidine groups is 1. The minimum absolute atomic E-state index is 0.635. The van der Waals surface area contributed by atoms with E-state index in [1.807, 2.05) is 60.6 Å². The number of hydrogen-bond donors (Lipinski definition) is 1. The average Bonchev–Trinajstić information content (AvgIpc) is 3.19. The SMILES string of the molecule is CN=C(NCc1ccnc(-n2cccn2)c1)N(C)Cc1ccccc1Cl. The highest BCUT2D eigenvalue weighted by atomic mass is 35.5. The Morgan fingerprint density at radius 3 is 2.81 bits per heavy atom. The Bertz CT molecular complexity index is 875. The van der Waals surface area contributed by atoms with E-state index in [0.717, 1.165) is 27.9 Å². The molecular weight excluding hydrogens is 348 g/mol. The van der Waals surface area contributed by atoms with Crippen molar-refractivity contribution in [2.75, 3.05) is 14.1 Å². The smallest absolute Gasteiger partial charge is 0.193 e. The summed E-state index contributed by atoms with van der Waals surface area (Å²) in [6, 6.07) is 13.7. The second kappa shape index (κ2) is 8.49. The standard InChI is InChI=1S/C19H21ClN6/c1-21-19(25(2)14-16-6-3-4-7-17(16)20)23-13-15-8-10-22-18(12-15)26-11-5-9-24-26/h3-12H,13-14H2,1-2H3,(H,21,23). The molecule has 1 N–H and O–H groups in total. The fourth-order valence-electron chi connectivity index (χ4n) is 2.62. The van der Waals surface area contributed by atoms with Crippen molar-refractivity contribution in [3.8, 4) is 5.82 Å². The first-order valence-corrected chi connectivity index (χ1v) is 8.65. The van der Waals surface area contributed by atoms with Crippen LogP contribution in [0.2, 0.25) is 5.02 Å². The molecule has 0 atom stereocenters. The molecule has 0 aliphatic heterocycles. The predicted octanol–water partition coefficient (Wildman–Crippen LogP) is 3.13. The molecule has 26 heavy (non-hydrogen) atoms. The quantitative estimate of drug-likeness (QED) is 0.555. The van der Waals surface area contributed by atoms with E-state index in [1.165, 1.54) is 0 Å². The normalized spacial score (nSPS) is 11.4. The van der Waals surface area contributed by atoms with Crippen LogP contribution in [-0.4, -0.2) is 39.7 Å². The molecule has 0 spiro atoms. The average molecular weight is 369 g/mol. The Balaban J connectivity index is 1.64. The second-order valence-corrected chi connectivity index (χ2v) is 6.23. The topological polar surface area (TPSA) is 58.3 Å². The lowest BCUT2D eigenvalue weighted by molar-refractivity contribution is 0.476. The van der Waals surface area contributed by atoms with Gasteiger partial charge in [-0.1, -0.05) is 29.8 Å². The van der Waals surface area contributed by atoms with E-state index in [4.69, 9.17) is 11.6 Å². The summed E-state index contributed by atoms with van der Waals surface area (Å²) in [5.41, 5.74) is 2.15. The van der Waals surface area contributed by atoms with Crippen molar-refractivity contribution >= 4 is 17.6 Å². The molecule has 3 aromatic rings. The van der Waals surface area contributed by atoms with Crippen molar-refractivity contribution in [3.05, 3.63) is 77.2 Å². The van der Waals surface area contributed by atoms with Gasteiger partial charge in [-0.25, -0.2) is 9.67 Å². The molecule has 0 unspecified atom stereocenters. The largest absolute Gasteiger partial charge is 0.352 e. The monoisotopic (exact) mass is 368 g/mol. The number of aromatic nitrogens is 3. The molecule has 0 aliphatic carbocycles. The van der Waals surface area contributed by atoms with E-state index >= 15 is 0 Å². The lowest BCUT2D eigenvalue weighted by atomic mass is 10.2. The molecule has 0 amide bonds. The Hall–Kier alpha value is -2.86. The lowest BCUT2D eigenvalue weighted by Crippen LogP contribution is -2.38. The molecule has 6 nitrogen and oxygen atoms in total. The van der Waals surface area contributed by atoms with Crippen LogP contribution in [0.25, 0.3) is 5.82 Å². The Kier molecular flexibility index (Phi) is 5.86. The Morgan fingerprint density at radius 2 is 2.08 bits per heavy atom. The number of aliphatic imine (C=N–C) groups is 1. The number of nitrogens with zero attached hydrogens (tertiary/aromatic N) is 5. The molecule has 0 fully saturated rings. The molecule has 2 aromatic heterocycles. The molecule has 0 saturated carbocycles. The van der Waals surface area contributed by atoms with Crippen LogP contribution in [0.1, 0.15) is 11.1 Å². The van der Waals surface area contributed by atoms with Gasteiger partial charge in [0, 0.05) is 50.8 Å². The van der Waals surface area contributed by atoms with Gasteiger partial charge in [0.15, 0.2) is 11.8 Å². The molecule has 0 radical (unpaired) electrons. The lowest BCUT2D eigenvalue weighted by Gasteiger charge is -2.22. The van der Waals surface area contributed by atoms with Gasteiger partial charge in [-0.15, -0.1) is 0 Å². The van der Waals surface area contributed by atoms with Crippen molar-refractivity contribution in [2.24, 2.45) is 4.99 Å². The number of halogens is 1. The predicted molar refractivity (Wildman–Crippen MR) is 104 cm³/mol. The molecule has 134 valence electrons. The highest BCUT2D eigenvalue weighted by molar-refractivity contribution is 6.31. The van der Waals surface area contributed by atoms with Gasteiger partial charge in [-0.05, 0) is 35.4 Å². The van der Waals surface area contributed by atoms with Crippen LogP contribution < -0.4 is 5.32 Å². The van der Waals surface area contributed by atoms with Crippen LogP contribution in [0.5, 0.6) is 0 Å². The molecule has 1 aromatic carbocycles. The zero-order chi connectivity index (χ0) is 18.4. The van der Waals surface area contributed by atoms with E-state index < -0.39 is 0 Å². The van der Waals surface area contributed by atoms with Crippen molar-refractivity contribution in [1.82, 2.24) is 25.0 Å². The Morgan fingerprint density at radius 1 is 1.23 bits per heavy atom. The number of pyridine rings is 1. The van der Waals surface area contributed by atoms with Crippen LogP contribution in [0.3, 0.4) is 0 Å². The van der Waals surface area contributed by atoms with E-state index in [0.29, 0.717) is 13.1 Å². The van der Waals surface area contributed by atoms with Crippen LogP contribution in [-0.2, 0) is 13.1 Å². The van der Waals surface area contributed by atoms with Crippen molar-refractivity contribution in [1.29, 1.82) is 0 Å². The van der Waals surface area contributed by atoms with Crippen LogP contribution in [0.15, 0.2) is 66.0 Å². The first-order chi connectivity index (χ1) is 12.7. The van der Waals surface area contributed by atoms with Gasteiger partial charge >= 0.3 is 0 Å². The second-order valence-electron chi connectivity index (χ2n) is 5.82. The zero-order valence-corrected chi connectivity index (χ0v) is 15.6.